The fourth-order valence-corrected chi connectivity index (χ4v) is 3.03. The Hall–Kier alpha value is -1.42. The van der Waals surface area contributed by atoms with E-state index >= 15 is 0 Å². The van der Waals surface area contributed by atoms with Crippen LogP contribution in [0.15, 0.2) is 18.2 Å². The summed E-state index contributed by atoms with van der Waals surface area (Å²) in [5.41, 5.74) is 0.959. The Balaban J connectivity index is 1.81. The average Bonchev–Trinajstić information content (AvgIpc) is 2.92. The highest BCUT2D eigenvalue weighted by Crippen LogP contribution is 2.28. The van der Waals surface area contributed by atoms with Crippen molar-refractivity contribution in [2.45, 2.75) is 6.92 Å². The summed E-state index contributed by atoms with van der Waals surface area (Å²) in [5.74, 6) is 0.814. The summed E-state index contributed by atoms with van der Waals surface area (Å²) in [4.78, 5) is 14.3. The van der Waals surface area contributed by atoms with Gasteiger partial charge in [-0.2, -0.15) is 0 Å². The number of likely N-dealkylation sites (tertiary alicyclic amines) is 1. The number of hydrogen-bond donors (Lipinski definition) is 1. The summed E-state index contributed by atoms with van der Waals surface area (Å²) in [7, 11) is 0. The molecule has 2 saturated heterocycles. The molecule has 4 heteroatoms. The second kappa shape index (κ2) is 4.35. The van der Waals surface area contributed by atoms with Gasteiger partial charge in [0.2, 0.25) is 0 Å². The van der Waals surface area contributed by atoms with Crippen LogP contribution in [-0.4, -0.2) is 37.0 Å². The summed E-state index contributed by atoms with van der Waals surface area (Å²) < 4.78 is 13.5. The fourth-order valence-electron chi connectivity index (χ4n) is 3.03. The van der Waals surface area contributed by atoms with Gasteiger partial charge in [-0.1, -0.05) is 6.07 Å². The average molecular weight is 248 g/mol. The minimum absolute atomic E-state index is 0.0265. The van der Waals surface area contributed by atoms with Crippen LogP contribution in [0.5, 0.6) is 0 Å². The Bertz CT molecular complexity index is 477. The molecule has 0 aromatic heterocycles. The molecule has 18 heavy (non-hydrogen) atoms. The summed E-state index contributed by atoms with van der Waals surface area (Å²) in [6.07, 6.45) is 0. The van der Waals surface area contributed by atoms with Gasteiger partial charge in [0.05, 0.1) is 0 Å². The Morgan fingerprint density at radius 2 is 2.00 bits per heavy atom. The highest BCUT2D eigenvalue weighted by molar-refractivity contribution is 5.95. The van der Waals surface area contributed by atoms with Gasteiger partial charge in [-0.25, -0.2) is 4.39 Å². The standard InChI is InChI=1S/C14H17FN2O/c1-9-12(3-2-4-13(9)15)14(18)17-7-10-5-16-6-11(10)8-17/h2-4,10-11,16H,5-8H2,1H3. The molecule has 96 valence electrons. The van der Waals surface area contributed by atoms with Gasteiger partial charge in [-0.05, 0) is 36.5 Å². The number of amides is 1. The zero-order valence-electron chi connectivity index (χ0n) is 10.4. The molecule has 0 aliphatic carbocycles. The number of carbonyl (C=O) groups excluding carboxylic acids is 1. The maximum absolute atomic E-state index is 13.5. The number of fused-ring (bicyclic) bond motifs is 1. The van der Waals surface area contributed by atoms with Crippen molar-refractivity contribution in [3.8, 4) is 0 Å². The first kappa shape index (κ1) is 11.7. The van der Waals surface area contributed by atoms with Gasteiger partial charge < -0.3 is 10.2 Å². The molecule has 2 heterocycles. The van der Waals surface area contributed by atoms with Crippen LogP contribution < -0.4 is 5.32 Å². The molecule has 0 spiro atoms. The molecule has 3 nitrogen and oxygen atoms in total. The second-order valence-electron chi connectivity index (χ2n) is 5.30. The van der Waals surface area contributed by atoms with Crippen molar-refractivity contribution in [2.75, 3.05) is 26.2 Å². The van der Waals surface area contributed by atoms with Crippen molar-refractivity contribution in [3.63, 3.8) is 0 Å². The molecule has 2 atom stereocenters. The monoisotopic (exact) mass is 248 g/mol. The van der Waals surface area contributed by atoms with Gasteiger partial charge in [-0.15, -0.1) is 0 Å². The number of nitrogens with zero attached hydrogens (tertiary/aromatic N) is 1. The molecule has 0 saturated carbocycles. The second-order valence-corrected chi connectivity index (χ2v) is 5.30. The molecule has 2 unspecified atom stereocenters. The molecule has 1 aromatic rings. The molecular weight excluding hydrogens is 231 g/mol. The first-order chi connectivity index (χ1) is 8.66. The molecular formula is C14H17FN2O. The molecule has 2 fully saturated rings. The lowest BCUT2D eigenvalue weighted by Crippen LogP contribution is -2.32. The normalized spacial score (nSPS) is 26.4. The lowest BCUT2D eigenvalue weighted by Gasteiger charge is -2.18. The van der Waals surface area contributed by atoms with E-state index in [0.717, 1.165) is 26.2 Å². The number of benzene rings is 1. The van der Waals surface area contributed by atoms with Gasteiger partial charge in [0.25, 0.3) is 5.91 Å². The predicted octanol–water partition coefficient (Wildman–Crippen LogP) is 1.43. The highest BCUT2D eigenvalue weighted by Gasteiger charge is 2.38. The third-order valence-corrected chi connectivity index (χ3v) is 4.17. The molecule has 1 amide bonds. The van der Waals surface area contributed by atoms with Crippen molar-refractivity contribution in [2.24, 2.45) is 11.8 Å². The molecule has 0 bridgehead atoms. The smallest absolute Gasteiger partial charge is 0.254 e. The summed E-state index contributed by atoms with van der Waals surface area (Å²) in [6, 6.07) is 4.72. The number of hydrogen-bond acceptors (Lipinski definition) is 2. The molecule has 3 rings (SSSR count). The van der Waals surface area contributed by atoms with E-state index in [2.05, 4.69) is 5.32 Å². The fraction of sp³-hybridized carbons (Fsp3) is 0.500. The van der Waals surface area contributed by atoms with Crippen molar-refractivity contribution < 1.29 is 9.18 Å². The highest BCUT2D eigenvalue weighted by atomic mass is 19.1. The molecule has 1 N–H and O–H groups in total. The molecule has 0 radical (unpaired) electrons. The number of nitrogens with one attached hydrogen (secondary N) is 1. The topological polar surface area (TPSA) is 32.3 Å². The Morgan fingerprint density at radius 1 is 1.33 bits per heavy atom. The SMILES string of the molecule is Cc1c(F)cccc1C(=O)N1CC2CNCC2C1. The maximum atomic E-state index is 13.5. The van der Waals surface area contributed by atoms with E-state index in [1.54, 1.807) is 19.1 Å². The van der Waals surface area contributed by atoms with E-state index in [4.69, 9.17) is 0 Å². The third kappa shape index (κ3) is 1.81. The molecule has 1 aromatic carbocycles. The van der Waals surface area contributed by atoms with E-state index in [-0.39, 0.29) is 11.7 Å². The van der Waals surface area contributed by atoms with Crippen molar-refractivity contribution in [3.05, 3.63) is 35.1 Å². The Morgan fingerprint density at radius 3 is 2.67 bits per heavy atom. The van der Waals surface area contributed by atoms with Crippen LogP contribution in [0, 0.1) is 24.6 Å². The largest absolute Gasteiger partial charge is 0.338 e. The van der Waals surface area contributed by atoms with Gasteiger partial charge in [0.15, 0.2) is 0 Å². The molecule has 2 aliphatic heterocycles. The predicted molar refractivity (Wildman–Crippen MR) is 66.9 cm³/mol. The van der Waals surface area contributed by atoms with Crippen LogP contribution in [0.2, 0.25) is 0 Å². The van der Waals surface area contributed by atoms with E-state index in [1.807, 2.05) is 4.90 Å². The lowest BCUT2D eigenvalue weighted by atomic mass is 10.0. The summed E-state index contributed by atoms with van der Waals surface area (Å²) in [6.45, 7) is 5.26. The van der Waals surface area contributed by atoms with Crippen LogP contribution in [0.1, 0.15) is 15.9 Å². The minimum atomic E-state index is -0.304. The third-order valence-electron chi connectivity index (χ3n) is 4.17. The van der Waals surface area contributed by atoms with Gasteiger partial charge in [0, 0.05) is 31.7 Å². The van der Waals surface area contributed by atoms with Crippen LogP contribution >= 0.6 is 0 Å². The van der Waals surface area contributed by atoms with Crippen LogP contribution in [0.3, 0.4) is 0 Å². The van der Waals surface area contributed by atoms with Gasteiger partial charge in [0.1, 0.15) is 5.82 Å². The quantitative estimate of drug-likeness (QED) is 0.815. The zero-order chi connectivity index (χ0) is 12.7. The Labute approximate surface area is 106 Å². The maximum Gasteiger partial charge on any atom is 0.254 e. The van der Waals surface area contributed by atoms with E-state index in [9.17, 15) is 9.18 Å². The number of halogens is 1. The van der Waals surface area contributed by atoms with Crippen molar-refractivity contribution in [1.29, 1.82) is 0 Å². The van der Waals surface area contributed by atoms with Crippen LogP contribution in [0.4, 0.5) is 4.39 Å². The lowest BCUT2D eigenvalue weighted by molar-refractivity contribution is 0.0780. The first-order valence-corrected chi connectivity index (χ1v) is 6.42. The zero-order valence-corrected chi connectivity index (χ0v) is 10.4. The van der Waals surface area contributed by atoms with Gasteiger partial charge in [-0.3, -0.25) is 4.79 Å². The summed E-state index contributed by atoms with van der Waals surface area (Å²) in [5, 5.41) is 3.35. The van der Waals surface area contributed by atoms with Crippen molar-refractivity contribution in [1.82, 2.24) is 10.2 Å². The number of carbonyl (C=O) groups is 1. The number of rotatable bonds is 1. The molecule has 2 aliphatic rings. The van der Waals surface area contributed by atoms with E-state index < -0.39 is 0 Å². The Kier molecular flexibility index (Phi) is 2.82. The summed E-state index contributed by atoms with van der Waals surface area (Å²) >= 11 is 0. The van der Waals surface area contributed by atoms with E-state index in [1.165, 1.54) is 6.07 Å². The minimum Gasteiger partial charge on any atom is -0.338 e. The van der Waals surface area contributed by atoms with E-state index in [0.29, 0.717) is 23.0 Å². The van der Waals surface area contributed by atoms with Gasteiger partial charge >= 0.3 is 0 Å². The van der Waals surface area contributed by atoms with Crippen LogP contribution in [-0.2, 0) is 0 Å². The first-order valence-electron chi connectivity index (χ1n) is 6.42. The van der Waals surface area contributed by atoms with Crippen LogP contribution in [0.25, 0.3) is 0 Å². The van der Waals surface area contributed by atoms with Crippen molar-refractivity contribution >= 4 is 5.91 Å².